The summed E-state index contributed by atoms with van der Waals surface area (Å²) in [5.74, 6) is 0. The van der Waals surface area contributed by atoms with E-state index in [0.29, 0.717) is 36.8 Å². The predicted octanol–water partition coefficient (Wildman–Crippen LogP) is 4.44. The highest BCUT2D eigenvalue weighted by molar-refractivity contribution is 9.10. The molecule has 3 heterocycles. The first-order valence-corrected chi connectivity index (χ1v) is 14.0. The van der Waals surface area contributed by atoms with Crippen LogP contribution in [0.25, 0.3) is 11.3 Å². The van der Waals surface area contributed by atoms with Gasteiger partial charge in [0.25, 0.3) is 0 Å². The van der Waals surface area contributed by atoms with Gasteiger partial charge in [-0.2, -0.15) is 9.41 Å². The lowest BCUT2D eigenvalue weighted by molar-refractivity contribution is 0.0730. The Morgan fingerprint density at radius 3 is 2.51 bits per heavy atom. The molecule has 0 saturated carbocycles. The Labute approximate surface area is 215 Å². The maximum Gasteiger partial charge on any atom is 0.243 e. The van der Waals surface area contributed by atoms with Crippen LogP contribution in [0.4, 0.5) is 5.69 Å². The van der Waals surface area contributed by atoms with E-state index in [1.165, 1.54) is 15.6 Å². The van der Waals surface area contributed by atoms with Crippen LogP contribution >= 0.6 is 27.3 Å². The summed E-state index contributed by atoms with van der Waals surface area (Å²) in [7, 11) is -3.55. The quantitative estimate of drug-likeness (QED) is 0.347. The number of aromatic nitrogens is 2. The van der Waals surface area contributed by atoms with E-state index in [2.05, 4.69) is 26.0 Å². The first-order valence-electron chi connectivity index (χ1n) is 10.9. The standard InChI is InChI=1S/C24H22BrN5O3S2/c25-22-6-2-1-5-21(22)23-17-34-24(30(23)27-16-19-4-3-11-26-19)28-18-7-9-20(10-8-18)35(31,32)29-12-14-33-15-13-29/h1-11,16-17,26H,12-15H2. The third-order valence-corrected chi connectivity index (χ3v) is 8.86. The van der Waals surface area contributed by atoms with Crippen LogP contribution in [-0.2, 0) is 14.8 Å². The number of rotatable bonds is 6. The molecule has 0 spiro atoms. The number of nitrogens with zero attached hydrogens (tertiary/aromatic N) is 4. The number of benzene rings is 2. The summed E-state index contributed by atoms with van der Waals surface area (Å²) in [6.45, 7) is 1.54. The minimum Gasteiger partial charge on any atom is -0.379 e. The molecular weight excluding hydrogens is 550 g/mol. The highest BCUT2D eigenvalue weighted by Crippen LogP contribution is 2.29. The van der Waals surface area contributed by atoms with Gasteiger partial charge in [-0.15, -0.1) is 11.3 Å². The highest BCUT2D eigenvalue weighted by Gasteiger charge is 2.26. The Kier molecular flexibility index (Phi) is 7.12. The molecule has 2 aromatic heterocycles. The van der Waals surface area contributed by atoms with Crippen molar-refractivity contribution in [2.24, 2.45) is 10.1 Å². The summed E-state index contributed by atoms with van der Waals surface area (Å²) in [5.41, 5.74) is 3.37. The normalized spacial score (nSPS) is 15.7. The van der Waals surface area contributed by atoms with Gasteiger partial charge in [-0.25, -0.2) is 18.1 Å². The molecule has 35 heavy (non-hydrogen) atoms. The van der Waals surface area contributed by atoms with E-state index >= 15 is 0 Å². The maximum atomic E-state index is 12.9. The van der Waals surface area contributed by atoms with Crippen molar-refractivity contribution in [2.45, 2.75) is 4.90 Å². The minimum absolute atomic E-state index is 0.246. The largest absolute Gasteiger partial charge is 0.379 e. The van der Waals surface area contributed by atoms with Crippen molar-refractivity contribution in [3.05, 3.63) is 87.2 Å². The van der Waals surface area contributed by atoms with Gasteiger partial charge in [0, 0.05) is 34.7 Å². The molecule has 0 bridgehead atoms. The lowest BCUT2D eigenvalue weighted by Gasteiger charge is -2.26. The summed E-state index contributed by atoms with van der Waals surface area (Å²) in [4.78, 5) is 8.79. The summed E-state index contributed by atoms with van der Waals surface area (Å²) in [6.07, 6.45) is 3.58. The Balaban J connectivity index is 1.52. The Morgan fingerprint density at radius 2 is 1.80 bits per heavy atom. The van der Waals surface area contributed by atoms with Crippen molar-refractivity contribution in [2.75, 3.05) is 26.3 Å². The van der Waals surface area contributed by atoms with Crippen molar-refractivity contribution < 1.29 is 13.2 Å². The topological polar surface area (TPSA) is 92.0 Å². The fourth-order valence-electron chi connectivity index (χ4n) is 3.63. The van der Waals surface area contributed by atoms with Gasteiger partial charge >= 0.3 is 0 Å². The summed E-state index contributed by atoms with van der Waals surface area (Å²) >= 11 is 5.08. The van der Waals surface area contributed by atoms with Crippen molar-refractivity contribution in [1.82, 2.24) is 14.0 Å². The molecule has 1 fully saturated rings. The van der Waals surface area contributed by atoms with E-state index in [1.54, 1.807) is 35.2 Å². The van der Waals surface area contributed by atoms with Gasteiger partial charge in [-0.1, -0.05) is 34.1 Å². The fourth-order valence-corrected chi connectivity index (χ4v) is 6.37. The molecule has 180 valence electrons. The van der Waals surface area contributed by atoms with Crippen LogP contribution in [0.2, 0.25) is 0 Å². The summed E-state index contributed by atoms with van der Waals surface area (Å²) in [5, 5.41) is 6.68. The van der Waals surface area contributed by atoms with E-state index in [1.807, 2.05) is 48.0 Å². The van der Waals surface area contributed by atoms with Crippen LogP contribution in [0.5, 0.6) is 0 Å². The molecular formula is C24H22BrN5O3S2. The zero-order valence-corrected chi connectivity index (χ0v) is 21.8. The van der Waals surface area contributed by atoms with E-state index < -0.39 is 10.0 Å². The van der Waals surface area contributed by atoms with E-state index in [4.69, 9.17) is 9.73 Å². The molecule has 1 saturated heterocycles. The smallest absolute Gasteiger partial charge is 0.243 e. The maximum absolute atomic E-state index is 12.9. The van der Waals surface area contributed by atoms with E-state index in [0.717, 1.165) is 21.4 Å². The minimum atomic E-state index is -3.55. The number of ether oxygens (including phenoxy) is 1. The van der Waals surface area contributed by atoms with Crippen molar-refractivity contribution in [1.29, 1.82) is 0 Å². The number of aromatic amines is 1. The number of sulfonamides is 1. The van der Waals surface area contributed by atoms with Gasteiger partial charge in [-0.05, 0) is 42.5 Å². The van der Waals surface area contributed by atoms with Crippen molar-refractivity contribution in [3.63, 3.8) is 0 Å². The molecule has 1 aliphatic heterocycles. The van der Waals surface area contributed by atoms with Crippen LogP contribution < -0.4 is 4.80 Å². The van der Waals surface area contributed by atoms with E-state index in [-0.39, 0.29) is 4.90 Å². The highest BCUT2D eigenvalue weighted by atomic mass is 79.9. The average Bonchev–Trinajstić information content (AvgIpc) is 3.54. The molecule has 5 rings (SSSR count). The number of thiazole rings is 1. The molecule has 8 nitrogen and oxygen atoms in total. The fraction of sp³-hybridized carbons (Fsp3) is 0.167. The lowest BCUT2D eigenvalue weighted by Crippen LogP contribution is -2.40. The summed E-state index contributed by atoms with van der Waals surface area (Å²) < 4.78 is 35.3. The van der Waals surface area contributed by atoms with Crippen LogP contribution in [0, 0.1) is 0 Å². The number of halogens is 1. The van der Waals surface area contributed by atoms with Crippen molar-refractivity contribution >= 4 is 49.2 Å². The third-order valence-electron chi connectivity index (χ3n) is 5.44. The van der Waals surface area contributed by atoms with Crippen LogP contribution in [0.15, 0.2) is 91.7 Å². The molecule has 0 unspecified atom stereocenters. The number of hydrogen-bond acceptors (Lipinski definition) is 6. The molecule has 0 atom stereocenters. The molecule has 0 radical (unpaired) electrons. The zero-order chi connectivity index (χ0) is 24.3. The molecule has 1 aliphatic rings. The zero-order valence-electron chi connectivity index (χ0n) is 18.5. The molecule has 4 aromatic rings. The van der Waals surface area contributed by atoms with Gasteiger partial charge in [0.15, 0.2) is 0 Å². The van der Waals surface area contributed by atoms with E-state index in [9.17, 15) is 8.42 Å². The second-order valence-electron chi connectivity index (χ2n) is 7.69. The molecule has 11 heteroatoms. The predicted molar refractivity (Wildman–Crippen MR) is 140 cm³/mol. The second kappa shape index (κ2) is 10.4. The van der Waals surface area contributed by atoms with Gasteiger partial charge in [0.05, 0.1) is 41.4 Å². The average molecular weight is 573 g/mol. The van der Waals surface area contributed by atoms with Gasteiger partial charge in [0.2, 0.25) is 14.8 Å². The van der Waals surface area contributed by atoms with Gasteiger partial charge in [0.1, 0.15) is 0 Å². The Hall–Kier alpha value is -2.83. The first-order chi connectivity index (χ1) is 17.0. The van der Waals surface area contributed by atoms with Crippen molar-refractivity contribution in [3.8, 4) is 11.3 Å². The van der Waals surface area contributed by atoms with Crippen LogP contribution in [0.1, 0.15) is 5.69 Å². The van der Waals surface area contributed by atoms with Crippen LogP contribution in [0.3, 0.4) is 0 Å². The van der Waals surface area contributed by atoms with Gasteiger partial charge < -0.3 is 9.72 Å². The number of hydrogen-bond donors (Lipinski definition) is 1. The number of nitrogens with one attached hydrogen (secondary N) is 1. The molecule has 2 aromatic carbocycles. The lowest BCUT2D eigenvalue weighted by atomic mass is 10.2. The number of morpholine rings is 1. The molecule has 0 aliphatic carbocycles. The molecule has 1 N–H and O–H groups in total. The van der Waals surface area contributed by atoms with Crippen LogP contribution in [-0.4, -0.2) is 54.9 Å². The monoisotopic (exact) mass is 571 g/mol. The first kappa shape index (κ1) is 23.9. The third kappa shape index (κ3) is 5.24. The Bertz CT molecular complexity index is 1500. The Morgan fingerprint density at radius 1 is 1.03 bits per heavy atom. The number of H-pyrrole nitrogens is 1. The molecule has 0 amide bonds. The van der Waals surface area contributed by atoms with Gasteiger partial charge in [-0.3, -0.25) is 0 Å². The SMILES string of the molecule is O=S(=O)(c1ccc(N=c2scc(-c3ccccc3Br)n2N=Cc2ccc[nH]2)cc1)N1CCOCC1. The summed E-state index contributed by atoms with van der Waals surface area (Å²) in [6, 6.07) is 18.4. The second-order valence-corrected chi connectivity index (χ2v) is 11.3.